The molecule has 3 amide bonds. The summed E-state index contributed by atoms with van der Waals surface area (Å²) in [5.74, 6) is -0.268. The molecule has 3 aliphatic rings. The van der Waals surface area contributed by atoms with E-state index in [2.05, 4.69) is 15.6 Å². The molecule has 2 saturated heterocycles. The second-order valence-corrected chi connectivity index (χ2v) is 10.3. The van der Waals surface area contributed by atoms with Gasteiger partial charge in [0.25, 0.3) is 0 Å². The molecule has 1 aromatic heterocycles. The lowest BCUT2D eigenvalue weighted by Gasteiger charge is -2.34. The van der Waals surface area contributed by atoms with Crippen molar-refractivity contribution in [3.05, 3.63) is 11.9 Å². The molecule has 11 nitrogen and oxygen atoms in total. The van der Waals surface area contributed by atoms with Gasteiger partial charge in [0.1, 0.15) is 18.7 Å². The summed E-state index contributed by atoms with van der Waals surface area (Å²) in [6, 6.07) is -1.42. The van der Waals surface area contributed by atoms with E-state index < -0.39 is 23.6 Å². The van der Waals surface area contributed by atoms with Crippen LogP contribution in [0.5, 0.6) is 0 Å². The Kier molecular flexibility index (Phi) is 6.71. The highest BCUT2D eigenvalue weighted by atomic mass is 16.5. The van der Waals surface area contributed by atoms with E-state index in [1.807, 2.05) is 27.0 Å². The number of ether oxygens (including phenoxy) is 1. The van der Waals surface area contributed by atoms with Crippen molar-refractivity contribution in [1.29, 1.82) is 0 Å². The van der Waals surface area contributed by atoms with Gasteiger partial charge in [-0.25, -0.2) is 4.68 Å². The molecule has 1 aromatic rings. The molecule has 1 saturated carbocycles. The number of nitrogens with zero attached hydrogens (tertiary/aromatic N) is 5. The number of hydrogen-bond acceptors (Lipinski definition) is 7. The number of amides is 3. The van der Waals surface area contributed by atoms with Crippen LogP contribution in [0.3, 0.4) is 0 Å². The van der Waals surface area contributed by atoms with Crippen LogP contribution >= 0.6 is 0 Å². The first-order valence-corrected chi connectivity index (χ1v) is 11.7. The van der Waals surface area contributed by atoms with Crippen molar-refractivity contribution in [2.24, 2.45) is 5.41 Å². The van der Waals surface area contributed by atoms with Gasteiger partial charge in [0.05, 0.1) is 18.4 Å². The molecule has 2 unspecified atom stereocenters. The average Bonchev–Trinajstić information content (AvgIpc) is 3.36. The van der Waals surface area contributed by atoms with Crippen molar-refractivity contribution in [3.8, 4) is 0 Å². The van der Waals surface area contributed by atoms with E-state index in [0.29, 0.717) is 25.6 Å². The topological polar surface area (TPSA) is 130 Å². The summed E-state index contributed by atoms with van der Waals surface area (Å²) in [5.41, 5.74) is 0.419. The first-order chi connectivity index (χ1) is 15.6. The molecule has 0 radical (unpaired) electrons. The summed E-state index contributed by atoms with van der Waals surface area (Å²) in [4.78, 5) is 41.6. The van der Waals surface area contributed by atoms with Crippen LogP contribution in [0.1, 0.15) is 57.7 Å². The third-order valence-electron chi connectivity index (χ3n) is 6.47. The zero-order valence-corrected chi connectivity index (χ0v) is 19.6. The third kappa shape index (κ3) is 5.35. The smallest absolute Gasteiger partial charge is 0.248 e. The van der Waals surface area contributed by atoms with Gasteiger partial charge >= 0.3 is 0 Å². The van der Waals surface area contributed by atoms with Crippen LogP contribution in [0.2, 0.25) is 0 Å². The van der Waals surface area contributed by atoms with Gasteiger partial charge in [0.2, 0.25) is 17.7 Å². The first kappa shape index (κ1) is 23.6. The van der Waals surface area contributed by atoms with Crippen LogP contribution in [-0.2, 0) is 19.1 Å². The number of rotatable bonds is 7. The largest absolute Gasteiger partial charge is 0.391 e. The Morgan fingerprint density at radius 3 is 2.76 bits per heavy atom. The average molecular weight is 463 g/mol. The standard InChI is InChI=1S/C22H34N6O5/c1-22(2,3)19(28-12-16(24-25-28)14-4-5-14)21(32)27-11-15(29)10-17(27)20(31)23-6-7-26-8-9-33-13-18(26)30/h12,14-15,17,19,29H,4-11,13H2,1-3H3,(H,23,31)/t15?,17?,19-/m1/s1. The van der Waals surface area contributed by atoms with Crippen molar-refractivity contribution >= 4 is 17.7 Å². The van der Waals surface area contributed by atoms with Crippen LogP contribution in [0.4, 0.5) is 0 Å². The minimum atomic E-state index is -0.774. The molecular formula is C22H34N6O5. The first-order valence-electron chi connectivity index (χ1n) is 11.7. The predicted molar refractivity (Wildman–Crippen MR) is 117 cm³/mol. The summed E-state index contributed by atoms with van der Waals surface area (Å²) in [7, 11) is 0. The van der Waals surface area contributed by atoms with Gasteiger partial charge in [0, 0.05) is 44.7 Å². The molecule has 3 heterocycles. The van der Waals surface area contributed by atoms with Crippen molar-refractivity contribution in [2.75, 3.05) is 39.4 Å². The van der Waals surface area contributed by atoms with Gasteiger partial charge in [-0.3, -0.25) is 14.4 Å². The minimum absolute atomic E-state index is 0.0595. The molecule has 182 valence electrons. The summed E-state index contributed by atoms with van der Waals surface area (Å²) in [5, 5.41) is 21.6. The van der Waals surface area contributed by atoms with E-state index in [1.54, 1.807) is 9.58 Å². The lowest BCUT2D eigenvalue weighted by molar-refractivity contribution is -0.144. The quantitative estimate of drug-likeness (QED) is 0.568. The fourth-order valence-corrected chi connectivity index (χ4v) is 4.54. The molecule has 0 aromatic carbocycles. The summed E-state index contributed by atoms with van der Waals surface area (Å²) in [6.45, 7) is 7.64. The second-order valence-electron chi connectivity index (χ2n) is 10.3. The number of morpholine rings is 1. The number of aliphatic hydroxyl groups excluding tert-OH is 1. The molecule has 3 atom stereocenters. The SMILES string of the molecule is CC(C)(C)[C@@H](C(=O)N1CC(O)CC1C(=O)NCCN1CCOCC1=O)n1cc(C2CC2)nn1. The summed E-state index contributed by atoms with van der Waals surface area (Å²) < 4.78 is 6.73. The second kappa shape index (κ2) is 9.38. The molecule has 2 aliphatic heterocycles. The molecule has 0 spiro atoms. The van der Waals surface area contributed by atoms with E-state index in [9.17, 15) is 19.5 Å². The Hall–Kier alpha value is -2.53. The van der Waals surface area contributed by atoms with Gasteiger partial charge in [-0.05, 0) is 18.3 Å². The molecule has 33 heavy (non-hydrogen) atoms. The fraction of sp³-hybridized carbons (Fsp3) is 0.773. The maximum atomic E-state index is 13.7. The van der Waals surface area contributed by atoms with E-state index in [4.69, 9.17) is 4.74 Å². The highest BCUT2D eigenvalue weighted by molar-refractivity contribution is 5.90. The number of aromatic nitrogens is 3. The van der Waals surface area contributed by atoms with Crippen LogP contribution in [0.25, 0.3) is 0 Å². The number of β-amino-alcohol motifs (C(OH)–C–C–N with tert-alkyl or cyclic N) is 1. The number of aliphatic hydroxyl groups is 1. The van der Waals surface area contributed by atoms with Crippen LogP contribution in [0, 0.1) is 5.41 Å². The molecule has 3 fully saturated rings. The van der Waals surface area contributed by atoms with Gasteiger partial charge in [-0.15, -0.1) is 5.10 Å². The monoisotopic (exact) mass is 462 g/mol. The zero-order chi connectivity index (χ0) is 23.8. The highest BCUT2D eigenvalue weighted by Gasteiger charge is 2.45. The molecule has 2 N–H and O–H groups in total. The van der Waals surface area contributed by atoms with Crippen LogP contribution in [-0.4, -0.2) is 99.2 Å². The van der Waals surface area contributed by atoms with Crippen LogP contribution < -0.4 is 5.32 Å². The number of carbonyl (C=O) groups excluding carboxylic acids is 3. The molecule has 4 rings (SSSR count). The third-order valence-corrected chi connectivity index (χ3v) is 6.47. The Morgan fingerprint density at radius 2 is 2.09 bits per heavy atom. The van der Waals surface area contributed by atoms with Crippen LogP contribution in [0.15, 0.2) is 6.20 Å². The minimum Gasteiger partial charge on any atom is -0.391 e. The maximum absolute atomic E-state index is 13.7. The zero-order valence-electron chi connectivity index (χ0n) is 19.6. The fourth-order valence-electron chi connectivity index (χ4n) is 4.54. The van der Waals surface area contributed by atoms with E-state index >= 15 is 0 Å². The van der Waals surface area contributed by atoms with E-state index in [1.165, 1.54) is 4.90 Å². The van der Waals surface area contributed by atoms with Gasteiger partial charge in [0.15, 0.2) is 0 Å². The lowest BCUT2D eigenvalue weighted by atomic mass is 9.85. The summed E-state index contributed by atoms with van der Waals surface area (Å²) in [6.07, 6.45) is 3.42. The normalized spacial score (nSPS) is 24.8. The van der Waals surface area contributed by atoms with Crippen molar-refractivity contribution in [3.63, 3.8) is 0 Å². The van der Waals surface area contributed by atoms with Gasteiger partial charge < -0.3 is 25.0 Å². The van der Waals surface area contributed by atoms with Gasteiger partial charge in [-0.2, -0.15) is 0 Å². The Bertz CT molecular complexity index is 892. The highest BCUT2D eigenvalue weighted by Crippen LogP contribution is 2.40. The van der Waals surface area contributed by atoms with Crippen molar-refractivity contribution < 1.29 is 24.2 Å². The molecular weight excluding hydrogens is 428 g/mol. The molecule has 0 bridgehead atoms. The Balaban J connectivity index is 1.43. The molecule has 1 aliphatic carbocycles. The predicted octanol–water partition coefficient (Wildman–Crippen LogP) is -0.320. The maximum Gasteiger partial charge on any atom is 0.248 e. The number of carbonyl (C=O) groups is 3. The van der Waals surface area contributed by atoms with Gasteiger partial charge in [-0.1, -0.05) is 26.0 Å². The van der Waals surface area contributed by atoms with E-state index in [-0.39, 0.29) is 43.8 Å². The number of hydrogen-bond donors (Lipinski definition) is 2. The molecule has 11 heteroatoms. The van der Waals surface area contributed by atoms with E-state index in [0.717, 1.165) is 18.5 Å². The Morgan fingerprint density at radius 1 is 1.33 bits per heavy atom. The van der Waals surface area contributed by atoms with Crippen molar-refractivity contribution in [2.45, 2.75) is 64.1 Å². The Labute approximate surface area is 193 Å². The lowest BCUT2D eigenvalue weighted by Crippen LogP contribution is -2.51. The summed E-state index contributed by atoms with van der Waals surface area (Å²) >= 11 is 0. The number of likely N-dealkylation sites (tertiary alicyclic amines) is 1. The number of nitrogens with one attached hydrogen (secondary N) is 1. The van der Waals surface area contributed by atoms with Crippen molar-refractivity contribution in [1.82, 2.24) is 30.1 Å².